The molecule has 0 bridgehead atoms. The van der Waals surface area contributed by atoms with Crippen molar-refractivity contribution in [2.75, 3.05) is 4.90 Å². The van der Waals surface area contributed by atoms with Gasteiger partial charge in [-0.15, -0.1) is 0 Å². The van der Waals surface area contributed by atoms with Crippen LogP contribution >= 0.6 is 0 Å². The molecule has 1 aliphatic rings. The van der Waals surface area contributed by atoms with E-state index in [4.69, 9.17) is 0 Å². The zero-order chi connectivity index (χ0) is 50.4. The van der Waals surface area contributed by atoms with Gasteiger partial charge in [0.1, 0.15) is 0 Å². The summed E-state index contributed by atoms with van der Waals surface area (Å²) < 4.78 is 0. The van der Waals surface area contributed by atoms with Crippen LogP contribution < -0.4 is 4.90 Å². The van der Waals surface area contributed by atoms with Gasteiger partial charge in [0.25, 0.3) is 0 Å². The first-order valence-corrected chi connectivity index (χ1v) is 26.3. The molecule has 1 heteroatoms. The van der Waals surface area contributed by atoms with Crippen molar-refractivity contribution in [1.29, 1.82) is 0 Å². The summed E-state index contributed by atoms with van der Waals surface area (Å²) in [5.41, 5.74) is 22.3. The molecule has 1 nitrogen and oxygen atoms in total. The van der Waals surface area contributed by atoms with Gasteiger partial charge in [-0.3, -0.25) is 0 Å². The van der Waals surface area contributed by atoms with Crippen LogP contribution in [0.2, 0.25) is 0 Å². The fourth-order valence-corrected chi connectivity index (χ4v) is 12.3. The first-order valence-electron chi connectivity index (χ1n) is 26.3. The lowest BCUT2D eigenvalue weighted by Crippen LogP contribution is -2.28. The number of rotatable bonds is 10. The zero-order valence-electron chi connectivity index (χ0n) is 41.9. The fraction of sp³-hybridized carbons (Fsp3) is 0.0133. The fourth-order valence-electron chi connectivity index (χ4n) is 12.3. The van der Waals surface area contributed by atoms with Crippen molar-refractivity contribution >= 4 is 38.6 Å². The molecule has 14 rings (SSSR count). The van der Waals surface area contributed by atoms with E-state index in [-0.39, 0.29) is 0 Å². The summed E-state index contributed by atoms with van der Waals surface area (Å²) in [7, 11) is 0. The quantitative estimate of drug-likeness (QED) is 0.123. The Kier molecular flexibility index (Phi) is 11.2. The molecule has 0 atom stereocenters. The Bertz CT molecular complexity index is 4180. The molecule has 0 amide bonds. The van der Waals surface area contributed by atoms with E-state index in [1.165, 1.54) is 99.4 Å². The van der Waals surface area contributed by atoms with E-state index in [0.29, 0.717) is 0 Å². The highest BCUT2D eigenvalue weighted by molar-refractivity contribution is 6.22. The van der Waals surface area contributed by atoms with Gasteiger partial charge in [0.15, 0.2) is 0 Å². The lowest BCUT2D eigenvalue weighted by atomic mass is 9.68. The summed E-state index contributed by atoms with van der Waals surface area (Å²) in [5, 5.41) is 4.83. The summed E-state index contributed by atoms with van der Waals surface area (Å²) >= 11 is 0. The minimum atomic E-state index is -0.514. The first-order chi connectivity index (χ1) is 37.7. The van der Waals surface area contributed by atoms with Gasteiger partial charge in [-0.1, -0.05) is 285 Å². The van der Waals surface area contributed by atoms with E-state index in [2.05, 4.69) is 314 Å². The second-order valence-corrected chi connectivity index (χ2v) is 19.9. The monoisotopic (exact) mass is 965 g/mol. The summed E-state index contributed by atoms with van der Waals surface area (Å²) in [6.45, 7) is 0. The van der Waals surface area contributed by atoms with Gasteiger partial charge in [0.05, 0.1) is 11.1 Å². The van der Waals surface area contributed by atoms with Crippen LogP contribution in [0.3, 0.4) is 0 Å². The summed E-state index contributed by atoms with van der Waals surface area (Å²) in [6.07, 6.45) is 0. The molecule has 76 heavy (non-hydrogen) atoms. The van der Waals surface area contributed by atoms with Crippen LogP contribution in [0.5, 0.6) is 0 Å². The molecule has 356 valence electrons. The van der Waals surface area contributed by atoms with Crippen LogP contribution in [0, 0.1) is 0 Å². The van der Waals surface area contributed by atoms with Crippen molar-refractivity contribution in [2.45, 2.75) is 5.41 Å². The van der Waals surface area contributed by atoms with Gasteiger partial charge in [-0.2, -0.15) is 0 Å². The summed E-state index contributed by atoms with van der Waals surface area (Å²) in [4.78, 5) is 2.54. The number of benzene rings is 13. The third kappa shape index (κ3) is 7.47. The van der Waals surface area contributed by atoms with Crippen LogP contribution in [0.4, 0.5) is 17.1 Å². The predicted octanol–water partition coefficient (Wildman–Crippen LogP) is 20.2. The Balaban J connectivity index is 0.983. The van der Waals surface area contributed by atoms with Crippen molar-refractivity contribution < 1.29 is 0 Å². The minimum Gasteiger partial charge on any atom is -0.309 e. The normalized spacial score (nSPS) is 12.3. The van der Waals surface area contributed by atoms with Crippen LogP contribution in [0.15, 0.2) is 309 Å². The summed E-state index contributed by atoms with van der Waals surface area (Å²) in [6, 6.07) is 114. The smallest absolute Gasteiger partial charge is 0.0713 e. The molecule has 0 saturated heterocycles. The van der Waals surface area contributed by atoms with Gasteiger partial charge in [0.2, 0.25) is 0 Å². The molecule has 0 unspecified atom stereocenters. The van der Waals surface area contributed by atoms with Crippen LogP contribution in [0.1, 0.15) is 22.3 Å². The molecule has 0 N–H and O–H groups in total. The molecule has 0 heterocycles. The molecule has 13 aromatic rings. The molecule has 0 radical (unpaired) electrons. The second kappa shape index (κ2) is 18.9. The number of anilines is 3. The molecule has 0 aromatic heterocycles. The third-order valence-corrected chi connectivity index (χ3v) is 15.8. The number of nitrogens with zero attached hydrogens (tertiary/aromatic N) is 1. The van der Waals surface area contributed by atoms with Gasteiger partial charge in [0, 0.05) is 22.3 Å². The second-order valence-electron chi connectivity index (χ2n) is 19.9. The highest BCUT2D eigenvalue weighted by Crippen LogP contribution is 2.58. The Morgan fingerprint density at radius 3 is 1.17 bits per heavy atom. The topological polar surface area (TPSA) is 3.24 Å². The summed E-state index contributed by atoms with van der Waals surface area (Å²) in [5.74, 6) is 0. The minimum absolute atomic E-state index is 0.514. The zero-order valence-corrected chi connectivity index (χ0v) is 41.9. The van der Waals surface area contributed by atoms with E-state index in [1.807, 2.05) is 0 Å². The van der Waals surface area contributed by atoms with Gasteiger partial charge in [-0.25, -0.2) is 0 Å². The maximum Gasteiger partial charge on any atom is 0.0713 e. The molecular formula is C75H51N. The van der Waals surface area contributed by atoms with Gasteiger partial charge in [-0.05, 0) is 124 Å². The Labute approximate surface area is 444 Å². The molecule has 0 saturated carbocycles. The Morgan fingerprint density at radius 2 is 0.592 bits per heavy atom. The van der Waals surface area contributed by atoms with E-state index < -0.39 is 5.41 Å². The maximum atomic E-state index is 2.54. The SMILES string of the molecule is c1ccc(-c2ccc(-c3c(N(c4ccc(-c5ccc(-c6ccccc6-c6ccccc6)cc5)cc4)c4ccc5c(c4)-c4ccccc4C5(c4ccccc4)c4ccccc4)c4ccccc4c4ccccc34)cc2)cc1. The van der Waals surface area contributed by atoms with Crippen molar-refractivity contribution in [3.05, 3.63) is 332 Å². The van der Waals surface area contributed by atoms with Gasteiger partial charge < -0.3 is 4.90 Å². The average molecular weight is 966 g/mol. The molecule has 0 spiro atoms. The van der Waals surface area contributed by atoms with Crippen molar-refractivity contribution in [3.63, 3.8) is 0 Å². The Morgan fingerprint density at radius 1 is 0.224 bits per heavy atom. The van der Waals surface area contributed by atoms with Crippen molar-refractivity contribution in [1.82, 2.24) is 0 Å². The van der Waals surface area contributed by atoms with E-state index >= 15 is 0 Å². The standard InChI is InChI=1S/C75H51N/c1-5-21-52(22-6-1)53-39-43-58(44-40-53)73-68-34-17-15-31-65(68)66-32-16-18-35-69(66)74(73)76(61-47-45-55(46-48-61)54-37-41-57(42-38-54)64-30-14-13-29-63(64)56-23-7-2-8-24-56)62-49-50-72-70(51-62)67-33-19-20-36-71(67)75(72,59-25-9-3-10-26-59)60-27-11-4-12-28-60/h1-51H. The number of hydrogen-bond donors (Lipinski definition) is 0. The third-order valence-electron chi connectivity index (χ3n) is 15.8. The molecule has 13 aromatic carbocycles. The largest absolute Gasteiger partial charge is 0.309 e. The predicted molar refractivity (Wildman–Crippen MR) is 321 cm³/mol. The molecule has 0 fully saturated rings. The molecule has 1 aliphatic carbocycles. The maximum absolute atomic E-state index is 2.54. The lowest BCUT2D eigenvalue weighted by molar-refractivity contribution is 0.768. The highest BCUT2D eigenvalue weighted by atomic mass is 15.1. The molecular weight excluding hydrogens is 915 g/mol. The first kappa shape index (κ1) is 44.8. The van der Waals surface area contributed by atoms with Crippen molar-refractivity contribution in [2.24, 2.45) is 0 Å². The van der Waals surface area contributed by atoms with Crippen LogP contribution in [0.25, 0.3) is 88.3 Å². The van der Waals surface area contributed by atoms with E-state index in [1.54, 1.807) is 0 Å². The van der Waals surface area contributed by atoms with Crippen LogP contribution in [-0.4, -0.2) is 0 Å². The molecule has 0 aliphatic heterocycles. The number of fused-ring (bicyclic) bond motifs is 6. The van der Waals surface area contributed by atoms with Crippen molar-refractivity contribution in [3.8, 4) is 66.8 Å². The lowest BCUT2D eigenvalue weighted by Gasteiger charge is -2.34. The number of hydrogen-bond acceptors (Lipinski definition) is 1. The van der Waals surface area contributed by atoms with Gasteiger partial charge >= 0.3 is 0 Å². The highest BCUT2D eigenvalue weighted by Gasteiger charge is 2.46. The van der Waals surface area contributed by atoms with E-state index in [0.717, 1.165) is 28.2 Å². The van der Waals surface area contributed by atoms with E-state index in [9.17, 15) is 0 Å². The average Bonchev–Trinajstić information content (AvgIpc) is 3.83. The van der Waals surface area contributed by atoms with Crippen LogP contribution in [-0.2, 0) is 5.41 Å². The Hall–Kier alpha value is -9.82.